The van der Waals surface area contributed by atoms with Crippen molar-refractivity contribution in [3.8, 4) is 11.5 Å². The number of carbonyl (C=O) groups is 1. The van der Waals surface area contributed by atoms with Gasteiger partial charge in [-0.05, 0) is 44.5 Å². The van der Waals surface area contributed by atoms with Crippen LogP contribution in [0, 0.1) is 10.1 Å². The van der Waals surface area contributed by atoms with Crippen LogP contribution in [0.5, 0.6) is 11.5 Å². The quantitative estimate of drug-likeness (QED) is 0.435. The topological polar surface area (TPSA) is 103 Å². The van der Waals surface area contributed by atoms with E-state index in [1.165, 1.54) is 6.07 Å². The number of benzene rings is 2. The Kier molecular flexibility index (Phi) is 8.27. The van der Waals surface area contributed by atoms with Gasteiger partial charge in [-0.1, -0.05) is 18.2 Å². The van der Waals surface area contributed by atoms with Crippen LogP contribution in [0.4, 0.5) is 11.4 Å². The Labute approximate surface area is 170 Å². The van der Waals surface area contributed by atoms with E-state index in [1.54, 1.807) is 18.2 Å². The van der Waals surface area contributed by atoms with Crippen molar-refractivity contribution in [2.45, 2.75) is 33.2 Å². The predicted octanol–water partition coefficient (Wildman–Crippen LogP) is 4.07. The number of rotatable bonds is 11. The van der Waals surface area contributed by atoms with E-state index in [2.05, 4.69) is 10.6 Å². The second kappa shape index (κ2) is 10.9. The molecule has 2 N–H and O–H groups in total. The number of nitrogens with zero attached hydrogens (tertiary/aromatic N) is 1. The molecule has 156 valence electrons. The average molecular weight is 401 g/mol. The maximum atomic E-state index is 12.3. The Morgan fingerprint density at radius 2 is 1.79 bits per heavy atom. The summed E-state index contributed by atoms with van der Waals surface area (Å²) in [5, 5.41) is 16.9. The number of nitro benzene ring substituents is 1. The van der Waals surface area contributed by atoms with Gasteiger partial charge < -0.3 is 20.1 Å². The lowest BCUT2D eigenvalue weighted by molar-refractivity contribution is -0.384. The lowest BCUT2D eigenvalue weighted by atomic mass is 10.1. The predicted molar refractivity (Wildman–Crippen MR) is 112 cm³/mol. The number of hydrogen-bond donors (Lipinski definition) is 2. The van der Waals surface area contributed by atoms with Crippen LogP contribution >= 0.6 is 0 Å². The van der Waals surface area contributed by atoms with Crippen molar-refractivity contribution in [1.29, 1.82) is 0 Å². The first-order chi connectivity index (χ1) is 14.0. The molecule has 0 aromatic heterocycles. The minimum atomic E-state index is -0.452. The Hall–Kier alpha value is -3.29. The zero-order valence-corrected chi connectivity index (χ0v) is 16.9. The molecule has 0 saturated heterocycles. The van der Waals surface area contributed by atoms with Crippen LogP contribution < -0.4 is 20.1 Å². The minimum absolute atomic E-state index is 0.0147. The Bertz CT molecular complexity index is 841. The lowest BCUT2D eigenvalue weighted by Crippen LogP contribution is -2.28. The number of para-hydroxylation sites is 2. The van der Waals surface area contributed by atoms with Crippen molar-refractivity contribution in [3.63, 3.8) is 0 Å². The van der Waals surface area contributed by atoms with Gasteiger partial charge in [0, 0.05) is 19.0 Å². The summed E-state index contributed by atoms with van der Waals surface area (Å²) in [6.45, 7) is 7.04. The molecule has 0 aliphatic heterocycles. The molecule has 8 heteroatoms. The van der Waals surface area contributed by atoms with Crippen LogP contribution in [-0.2, 0) is 4.79 Å². The molecule has 0 bridgehead atoms. The van der Waals surface area contributed by atoms with E-state index < -0.39 is 4.92 Å². The smallest absolute Gasteiger partial charge is 0.292 e. The largest absolute Gasteiger partial charge is 0.490 e. The lowest BCUT2D eigenvalue weighted by Gasteiger charge is -2.17. The highest BCUT2D eigenvalue weighted by molar-refractivity contribution is 5.77. The van der Waals surface area contributed by atoms with Gasteiger partial charge in [-0.3, -0.25) is 14.9 Å². The molecular formula is C21H27N3O5. The molecular weight excluding hydrogens is 374 g/mol. The highest BCUT2D eigenvalue weighted by Crippen LogP contribution is 2.30. The van der Waals surface area contributed by atoms with E-state index >= 15 is 0 Å². The van der Waals surface area contributed by atoms with Gasteiger partial charge in [0.2, 0.25) is 5.91 Å². The minimum Gasteiger partial charge on any atom is -0.490 e. The second-order valence-corrected chi connectivity index (χ2v) is 6.31. The first kappa shape index (κ1) is 22.0. The third-order valence-corrected chi connectivity index (χ3v) is 4.21. The summed E-state index contributed by atoms with van der Waals surface area (Å²) < 4.78 is 11.2. The highest BCUT2D eigenvalue weighted by Gasteiger charge is 2.15. The molecule has 2 aromatic rings. The van der Waals surface area contributed by atoms with Crippen molar-refractivity contribution in [3.05, 3.63) is 58.1 Å². The van der Waals surface area contributed by atoms with Crippen LogP contribution in [0.15, 0.2) is 42.5 Å². The molecule has 1 amide bonds. The van der Waals surface area contributed by atoms with Gasteiger partial charge in [-0.15, -0.1) is 0 Å². The summed E-state index contributed by atoms with van der Waals surface area (Å²) in [5.41, 5.74) is 1.28. The van der Waals surface area contributed by atoms with Gasteiger partial charge in [-0.25, -0.2) is 0 Å². The molecule has 0 spiro atoms. The maximum Gasteiger partial charge on any atom is 0.292 e. The zero-order chi connectivity index (χ0) is 21.2. The summed E-state index contributed by atoms with van der Waals surface area (Å²) >= 11 is 0. The fourth-order valence-electron chi connectivity index (χ4n) is 2.83. The molecule has 8 nitrogen and oxygen atoms in total. The zero-order valence-electron chi connectivity index (χ0n) is 16.9. The monoisotopic (exact) mass is 401 g/mol. The maximum absolute atomic E-state index is 12.3. The summed E-state index contributed by atoms with van der Waals surface area (Å²) in [6, 6.07) is 11.7. The van der Waals surface area contributed by atoms with Gasteiger partial charge >= 0.3 is 0 Å². The second-order valence-electron chi connectivity index (χ2n) is 6.31. The number of amides is 1. The number of carbonyl (C=O) groups excluding carboxylic acids is 1. The molecule has 29 heavy (non-hydrogen) atoms. The molecule has 0 aliphatic carbocycles. The van der Waals surface area contributed by atoms with Crippen molar-refractivity contribution in [2.75, 3.05) is 25.1 Å². The first-order valence-corrected chi connectivity index (χ1v) is 9.62. The van der Waals surface area contributed by atoms with Gasteiger partial charge in [0.15, 0.2) is 11.5 Å². The molecule has 0 heterocycles. The van der Waals surface area contributed by atoms with Gasteiger partial charge in [0.05, 0.1) is 24.2 Å². The van der Waals surface area contributed by atoms with Crippen molar-refractivity contribution in [1.82, 2.24) is 5.32 Å². The van der Waals surface area contributed by atoms with Crippen molar-refractivity contribution >= 4 is 17.3 Å². The molecule has 0 aliphatic rings. The summed E-state index contributed by atoms with van der Waals surface area (Å²) in [6.07, 6.45) is 0.186. The van der Waals surface area contributed by atoms with Crippen molar-refractivity contribution < 1.29 is 19.2 Å². The standard InChI is InChI=1S/C21H27N3O5/c1-4-28-19-11-10-16(14-20(19)29-5-2)15(3)23-21(25)12-13-22-17-8-6-7-9-18(17)24(26)27/h6-11,14-15,22H,4-5,12-13H2,1-3H3,(H,23,25). The fourth-order valence-corrected chi connectivity index (χ4v) is 2.83. The summed E-state index contributed by atoms with van der Waals surface area (Å²) in [7, 11) is 0. The molecule has 0 fully saturated rings. The molecule has 0 radical (unpaired) electrons. The Morgan fingerprint density at radius 1 is 1.10 bits per heavy atom. The van der Waals surface area contributed by atoms with Gasteiger partial charge in [-0.2, -0.15) is 0 Å². The van der Waals surface area contributed by atoms with E-state index in [0.29, 0.717) is 30.4 Å². The average Bonchev–Trinajstić information content (AvgIpc) is 2.69. The number of hydrogen-bond acceptors (Lipinski definition) is 6. The van der Waals surface area contributed by atoms with Crippen LogP contribution in [0.1, 0.15) is 38.8 Å². The number of nitro groups is 1. The Balaban J connectivity index is 1.92. The van der Waals surface area contributed by atoms with Crippen LogP contribution in [0.25, 0.3) is 0 Å². The number of nitrogens with one attached hydrogen (secondary N) is 2. The normalized spacial score (nSPS) is 11.4. The van der Waals surface area contributed by atoms with E-state index in [0.717, 1.165) is 5.56 Å². The molecule has 1 unspecified atom stereocenters. The van der Waals surface area contributed by atoms with Crippen LogP contribution in [0.2, 0.25) is 0 Å². The van der Waals surface area contributed by atoms with E-state index in [-0.39, 0.29) is 30.6 Å². The molecule has 0 saturated carbocycles. The van der Waals surface area contributed by atoms with Crippen molar-refractivity contribution in [2.24, 2.45) is 0 Å². The van der Waals surface area contributed by atoms with Gasteiger partial charge in [0.1, 0.15) is 5.69 Å². The van der Waals surface area contributed by atoms with E-state index in [1.807, 2.05) is 39.0 Å². The third kappa shape index (κ3) is 6.38. The van der Waals surface area contributed by atoms with E-state index in [4.69, 9.17) is 9.47 Å². The Morgan fingerprint density at radius 3 is 2.48 bits per heavy atom. The third-order valence-electron chi connectivity index (χ3n) is 4.21. The molecule has 1 atom stereocenters. The molecule has 2 rings (SSSR count). The van der Waals surface area contributed by atoms with E-state index in [9.17, 15) is 14.9 Å². The first-order valence-electron chi connectivity index (χ1n) is 9.62. The number of ether oxygens (including phenoxy) is 2. The van der Waals surface area contributed by atoms with Crippen LogP contribution in [-0.4, -0.2) is 30.6 Å². The number of anilines is 1. The SMILES string of the molecule is CCOc1ccc(C(C)NC(=O)CCNc2ccccc2[N+](=O)[O-])cc1OCC. The highest BCUT2D eigenvalue weighted by atomic mass is 16.6. The van der Waals surface area contributed by atoms with Gasteiger partial charge in [0.25, 0.3) is 5.69 Å². The summed E-state index contributed by atoms with van der Waals surface area (Å²) in [5.74, 6) is 1.16. The fraction of sp³-hybridized carbons (Fsp3) is 0.381. The van der Waals surface area contributed by atoms with Crippen LogP contribution in [0.3, 0.4) is 0 Å². The molecule has 2 aromatic carbocycles. The summed E-state index contributed by atoms with van der Waals surface area (Å²) in [4.78, 5) is 22.9.